The Morgan fingerprint density at radius 3 is 2.26 bits per heavy atom. The summed E-state index contributed by atoms with van der Waals surface area (Å²) >= 11 is 0. The summed E-state index contributed by atoms with van der Waals surface area (Å²) in [6.45, 7) is 2.55. The second-order valence-corrected chi connectivity index (χ2v) is 9.45. The molecule has 0 unspecified atom stereocenters. The van der Waals surface area contributed by atoms with Crippen molar-refractivity contribution in [3.8, 4) is 0 Å². The Morgan fingerprint density at radius 2 is 1.65 bits per heavy atom. The van der Waals surface area contributed by atoms with Crippen LogP contribution in [-0.2, 0) is 24.3 Å². The molecule has 1 saturated heterocycles. The molecule has 1 fully saturated rings. The summed E-state index contributed by atoms with van der Waals surface area (Å²) in [4.78, 5) is 24.7. The van der Waals surface area contributed by atoms with Crippen molar-refractivity contribution in [3.05, 3.63) is 60.2 Å². The van der Waals surface area contributed by atoms with E-state index in [4.69, 9.17) is 4.74 Å². The molecule has 0 aliphatic carbocycles. The van der Waals surface area contributed by atoms with Crippen molar-refractivity contribution in [1.29, 1.82) is 0 Å². The van der Waals surface area contributed by atoms with Gasteiger partial charge in [-0.1, -0.05) is 43.7 Å². The first-order valence-electron chi connectivity index (χ1n) is 10.5. The second-order valence-electron chi connectivity index (χ2n) is 7.52. The van der Waals surface area contributed by atoms with Gasteiger partial charge in [-0.2, -0.15) is 4.31 Å². The van der Waals surface area contributed by atoms with Crippen molar-refractivity contribution in [2.45, 2.75) is 43.4 Å². The highest BCUT2D eigenvalue weighted by Crippen LogP contribution is 2.23. The number of carbonyl (C=O) groups is 2. The van der Waals surface area contributed by atoms with E-state index in [1.165, 1.54) is 28.6 Å². The third-order valence-electron chi connectivity index (χ3n) is 5.33. The largest absolute Gasteiger partial charge is 0.455 e. The monoisotopic (exact) mass is 444 g/mol. The molecule has 3 rings (SSSR count). The van der Waals surface area contributed by atoms with E-state index in [0.717, 1.165) is 24.8 Å². The van der Waals surface area contributed by atoms with Crippen LogP contribution in [-0.4, -0.2) is 44.3 Å². The van der Waals surface area contributed by atoms with Gasteiger partial charge in [0.05, 0.1) is 10.8 Å². The Kier molecular flexibility index (Phi) is 7.81. The van der Waals surface area contributed by atoms with E-state index >= 15 is 0 Å². The number of carbonyl (C=O) groups excluding carboxylic acids is 2. The zero-order valence-electron chi connectivity index (χ0n) is 17.6. The fourth-order valence-electron chi connectivity index (χ4n) is 3.62. The molecular weight excluding hydrogens is 416 g/mol. The number of hydrogen-bond acceptors (Lipinski definition) is 5. The molecule has 8 heteroatoms. The summed E-state index contributed by atoms with van der Waals surface area (Å²) in [5.41, 5.74) is 1.29. The van der Waals surface area contributed by atoms with Gasteiger partial charge in [0.15, 0.2) is 6.61 Å². The van der Waals surface area contributed by atoms with Gasteiger partial charge < -0.3 is 10.1 Å². The summed E-state index contributed by atoms with van der Waals surface area (Å²) in [5, 5.41) is 2.63. The third-order valence-corrected chi connectivity index (χ3v) is 7.24. The van der Waals surface area contributed by atoms with Crippen LogP contribution in [0.1, 0.15) is 44.1 Å². The SMILES string of the molecule is CC[C@H](C(=O)OCC(=O)Nc1ccc(S(=O)(=O)N2CCCCC2)cc1)c1ccccc1. The minimum Gasteiger partial charge on any atom is -0.455 e. The Morgan fingerprint density at radius 1 is 1.00 bits per heavy atom. The minimum atomic E-state index is -3.52. The van der Waals surface area contributed by atoms with Crippen molar-refractivity contribution in [2.75, 3.05) is 25.0 Å². The van der Waals surface area contributed by atoms with E-state index < -0.39 is 34.4 Å². The Hall–Kier alpha value is -2.71. The van der Waals surface area contributed by atoms with Crippen molar-refractivity contribution >= 4 is 27.6 Å². The predicted octanol–water partition coefficient (Wildman–Crippen LogP) is 3.54. The summed E-state index contributed by atoms with van der Waals surface area (Å²) in [5.74, 6) is -1.36. The lowest BCUT2D eigenvalue weighted by Gasteiger charge is -2.25. The zero-order chi connectivity index (χ0) is 22.3. The normalized spacial score (nSPS) is 15.8. The van der Waals surface area contributed by atoms with E-state index in [0.29, 0.717) is 25.2 Å². The standard InChI is InChI=1S/C23H28N2O5S/c1-2-21(18-9-5-3-6-10-18)23(27)30-17-22(26)24-19-11-13-20(14-12-19)31(28,29)25-15-7-4-8-16-25/h3,5-6,9-14,21H,2,4,7-8,15-17H2,1H3,(H,24,26)/t21-/m0/s1. The summed E-state index contributed by atoms with van der Waals surface area (Å²) < 4.78 is 32.1. The third kappa shape index (κ3) is 5.92. The summed E-state index contributed by atoms with van der Waals surface area (Å²) in [6, 6.07) is 15.3. The highest BCUT2D eigenvalue weighted by atomic mass is 32.2. The Bertz CT molecular complexity index is 984. The highest BCUT2D eigenvalue weighted by molar-refractivity contribution is 7.89. The van der Waals surface area contributed by atoms with E-state index in [1.54, 1.807) is 0 Å². The maximum Gasteiger partial charge on any atom is 0.313 e. The smallest absolute Gasteiger partial charge is 0.313 e. The van der Waals surface area contributed by atoms with Gasteiger partial charge >= 0.3 is 5.97 Å². The number of esters is 1. The van der Waals surface area contributed by atoms with E-state index in [9.17, 15) is 18.0 Å². The van der Waals surface area contributed by atoms with E-state index in [1.807, 2.05) is 37.3 Å². The molecule has 0 radical (unpaired) electrons. The molecule has 1 atom stereocenters. The molecule has 0 spiro atoms. The maximum absolute atomic E-state index is 12.7. The fourth-order valence-corrected chi connectivity index (χ4v) is 5.14. The summed E-state index contributed by atoms with van der Waals surface area (Å²) in [6.07, 6.45) is 3.35. The van der Waals surface area contributed by atoms with Gasteiger partial charge in [-0.05, 0) is 49.1 Å². The Balaban J connectivity index is 1.54. The molecule has 0 aromatic heterocycles. The van der Waals surface area contributed by atoms with Crippen LogP contribution in [0.25, 0.3) is 0 Å². The minimum absolute atomic E-state index is 0.201. The van der Waals surface area contributed by atoms with Gasteiger partial charge in [0.1, 0.15) is 0 Å². The van der Waals surface area contributed by atoms with E-state index in [-0.39, 0.29) is 4.90 Å². The number of nitrogens with zero attached hydrogens (tertiary/aromatic N) is 1. The average molecular weight is 445 g/mol. The zero-order valence-corrected chi connectivity index (χ0v) is 18.4. The molecule has 0 saturated carbocycles. The van der Waals surface area contributed by atoms with Crippen molar-refractivity contribution in [3.63, 3.8) is 0 Å². The number of hydrogen-bond donors (Lipinski definition) is 1. The number of anilines is 1. The van der Waals surface area contributed by atoms with Crippen LogP contribution in [0.4, 0.5) is 5.69 Å². The molecule has 1 N–H and O–H groups in total. The number of sulfonamides is 1. The van der Waals surface area contributed by atoms with Crippen LogP contribution < -0.4 is 5.32 Å². The lowest BCUT2D eigenvalue weighted by atomic mass is 9.97. The topological polar surface area (TPSA) is 92.8 Å². The lowest BCUT2D eigenvalue weighted by molar-refractivity contribution is -0.149. The second kappa shape index (κ2) is 10.5. The van der Waals surface area contributed by atoms with Crippen LogP contribution >= 0.6 is 0 Å². The number of ether oxygens (including phenoxy) is 1. The molecule has 166 valence electrons. The quantitative estimate of drug-likeness (QED) is 0.629. The number of nitrogens with one attached hydrogen (secondary N) is 1. The van der Waals surface area contributed by atoms with Gasteiger partial charge in [0, 0.05) is 18.8 Å². The highest BCUT2D eigenvalue weighted by Gasteiger charge is 2.26. The van der Waals surface area contributed by atoms with Crippen molar-refractivity contribution < 1.29 is 22.7 Å². The first-order chi connectivity index (χ1) is 14.9. The van der Waals surface area contributed by atoms with E-state index in [2.05, 4.69) is 5.32 Å². The number of amides is 1. The molecule has 1 aliphatic rings. The van der Waals surface area contributed by atoms with Gasteiger partial charge in [0.25, 0.3) is 5.91 Å². The predicted molar refractivity (Wildman–Crippen MR) is 118 cm³/mol. The summed E-state index contributed by atoms with van der Waals surface area (Å²) in [7, 11) is -3.52. The first kappa shape index (κ1) is 23.0. The van der Waals surface area contributed by atoms with Crippen molar-refractivity contribution in [2.24, 2.45) is 0 Å². The van der Waals surface area contributed by atoms with Gasteiger partial charge in [-0.25, -0.2) is 8.42 Å². The molecule has 7 nitrogen and oxygen atoms in total. The maximum atomic E-state index is 12.7. The fraction of sp³-hybridized carbons (Fsp3) is 0.391. The Labute approximate surface area is 183 Å². The van der Waals surface area contributed by atoms with Gasteiger partial charge in [0.2, 0.25) is 10.0 Å². The molecular formula is C23H28N2O5S. The van der Waals surface area contributed by atoms with Gasteiger partial charge in [-0.3, -0.25) is 9.59 Å². The number of benzene rings is 2. The van der Waals surface area contributed by atoms with Crippen LogP contribution in [0.3, 0.4) is 0 Å². The number of rotatable bonds is 8. The molecule has 0 bridgehead atoms. The molecule has 1 aliphatic heterocycles. The molecule has 31 heavy (non-hydrogen) atoms. The lowest BCUT2D eigenvalue weighted by Crippen LogP contribution is -2.35. The average Bonchev–Trinajstić information content (AvgIpc) is 2.80. The molecule has 2 aromatic rings. The molecule has 1 heterocycles. The first-order valence-corrected chi connectivity index (χ1v) is 12.0. The molecule has 1 amide bonds. The number of piperidine rings is 1. The van der Waals surface area contributed by atoms with Gasteiger partial charge in [-0.15, -0.1) is 0 Å². The van der Waals surface area contributed by atoms with Crippen molar-refractivity contribution in [1.82, 2.24) is 4.31 Å². The van der Waals surface area contributed by atoms with Crippen LogP contribution in [0, 0.1) is 0 Å². The molecule has 2 aromatic carbocycles. The van der Waals surface area contributed by atoms with Crippen LogP contribution in [0.5, 0.6) is 0 Å². The van der Waals surface area contributed by atoms with Crippen LogP contribution in [0.15, 0.2) is 59.5 Å². The van der Waals surface area contributed by atoms with Crippen LogP contribution in [0.2, 0.25) is 0 Å².